The van der Waals surface area contributed by atoms with E-state index in [9.17, 15) is 19.7 Å². The summed E-state index contributed by atoms with van der Waals surface area (Å²) >= 11 is 0. The summed E-state index contributed by atoms with van der Waals surface area (Å²) in [6.07, 6.45) is 2.60. The molecule has 1 aromatic heterocycles. The first-order chi connectivity index (χ1) is 8.04. The molecule has 0 saturated carbocycles. The van der Waals surface area contributed by atoms with Crippen LogP contribution in [-0.2, 0) is 11.3 Å². The number of aromatic nitrogens is 1. The molecule has 0 amide bonds. The number of Topliss-reactive ketones (excluding diaryl/α,β-unsaturated/α-hetero) is 1. The minimum absolute atomic E-state index is 0.119. The second-order valence-corrected chi connectivity index (χ2v) is 3.67. The highest BCUT2D eigenvalue weighted by atomic mass is 16.6. The molecule has 0 saturated heterocycles. The van der Waals surface area contributed by atoms with Crippen molar-refractivity contribution in [3.63, 3.8) is 0 Å². The molecular weight excluding hydrogens is 224 g/mol. The van der Waals surface area contributed by atoms with Crippen molar-refractivity contribution in [3.8, 4) is 0 Å². The van der Waals surface area contributed by atoms with Crippen LogP contribution in [0.5, 0.6) is 0 Å². The van der Waals surface area contributed by atoms with Crippen molar-refractivity contribution >= 4 is 11.5 Å². The molecular formula is C11H14N2O4. The van der Waals surface area contributed by atoms with E-state index in [1.165, 1.54) is 22.9 Å². The zero-order valence-corrected chi connectivity index (χ0v) is 9.59. The summed E-state index contributed by atoms with van der Waals surface area (Å²) < 4.78 is 1.26. The molecule has 1 aromatic rings. The summed E-state index contributed by atoms with van der Waals surface area (Å²) in [6, 6.07) is 2.34. The lowest BCUT2D eigenvalue weighted by Crippen LogP contribution is -2.19. The second kappa shape index (κ2) is 5.93. The number of hydrogen-bond donors (Lipinski definition) is 0. The fraction of sp³-hybridized carbons (Fsp3) is 0.455. The smallest absolute Gasteiger partial charge is 0.285 e. The van der Waals surface area contributed by atoms with E-state index in [0.717, 1.165) is 0 Å². The fourth-order valence-electron chi connectivity index (χ4n) is 1.42. The number of carbonyl (C=O) groups is 1. The molecule has 92 valence electrons. The molecule has 0 radical (unpaired) electrons. The van der Waals surface area contributed by atoms with Gasteiger partial charge in [0.05, 0.1) is 11.1 Å². The number of nitrogens with zero attached hydrogens (tertiary/aromatic N) is 2. The van der Waals surface area contributed by atoms with Gasteiger partial charge in [-0.15, -0.1) is 0 Å². The Hall–Kier alpha value is -1.98. The normalized spacial score (nSPS) is 10.2. The van der Waals surface area contributed by atoms with Gasteiger partial charge in [0.1, 0.15) is 5.78 Å². The van der Waals surface area contributed by atoms with Gasteiger partial charge in [0.2, 0.25) is 0 Å². The number of nitro groups is 1. The summed E-state index contributed by atoms with van der Waals surface area (Å²) in [5.74, 6) is 0.128. The highest BCUT2D eigenvalue weighted by Gasteiger charge is 2.07. The van der Waals surface area contributed by atoms with Crippen LogP contribution in [0, 0.1) is 10.1 Å². The molecule has 0 atom stereocenters. The number of carbonyl (C=O) groups excluding carboxylic acids is 1. The molecule has 0 fully saturated rings. The summed E-state index contributed by atoms with van der Waals surface area (Å²) in [6.45, 7) is 2.11. The molecule has 1 heterocycles. The van der Waals surface area contributed by atoms with Gasteiger partial charge in [0.15, 0.2) is 0 Å². The average molecular weight is 238 g/mol. The summed E-state index contributed by atoms with van der Waals surface area (Å²) in [5.41, 5.74) is -0.411. The van der Waals surface area contributed by atoms with Crippen LogP contribution in [0.2, 0.25) is 0 Å². The Bertz CT molecular complexity index is 479. The van der Waals surface area contributed by atoms with Gasteiger partial charge in [-0.2, -0.15) is 0 Å². The molecule has 6 nitrogen and oxygen atoms in total. The maximum atomic E-state index is 11.4. The topological polar surface area (TPSA) is 82.2 Å². The number of hydrogen-bond acceptors (Lipinski definition) is 4. The molecule has 1 rings (SSSR count). The van der Waals surface area contributed by atoms with Crippen LogP contribution in [0.4, 0.5) is 5.69 Å². The van der Waals surface area contributed by atoms with Gasteiger partial charge in [-0.05, 0) is 6.42 Å². The highest BCUT2D eigenvalue weighted by Crippen LogP contribution is 2.07. The SMILES string of the molecule is CCC(=O)CCCn1cc([N+](=O)[O-])ccc1=O. The predicted molar refractivity (Wildman–Crippen MR) is 61.9 cm³/mol. The van der Waals surface area contributed by atoms with Crippen molar-refractivity contribution < 1.29 is 9.72 Å². The van der Waals surface area contributed by atoms with E-state index >= 15 is 0 Å². The first-order valence-corrected chi connectivity index (χ1v) is 5.41. The average Bonchev–Trinajstić information content (AvgIpc) is 2.30. The van der Waals surface area contributed by atoms with Crippen molar-refractivity contribution in [2.24, 2.45) is 0 Å². The number of aryl methyl sites for hydroxylation is 1. The lowest BCUT2D eigenvalue weighted by Gasteiger charge is -2.04. The maximum absolute atomic E-state index is 11.4. The third-order valence-electron chi connectivity index (χ3n) is 2.43. The van der Waals surface area contributed by atoms with Gasteiger partial charge in [-0.3, -0.25) is 19.7 Å². The van der Waals surface area contributed by atoms with Crippen molar-refractivity contribution in [3.05, 3.63) is 38.8 Å². The zero-order valence-electron chi connectivity index (χ0n) is 9.59. The Balaban J connectivity index is 2.70. The van der Waals surface area contributed by atoms with E-state index < -0.39 is 4.92 Å². The van der Waals surface area contributed by atoms with Gasteiger partial charge in [-0.25, -0.2) is 0 Å². The van der Waals surface area contributed by atoms with Crippen LogP contribution >= 0.6 is 0 Å². The van der Waals surface area contributed by atoms with Crippen molar-refractivity contribution in [1.82, 2.24) is 4.57 Å². The number of ketones is 1. The predicted octanol–water partition coefficient (Wildman–Crippen LogP) is 1.52. The van der Waals surface area contributed by atoms with E-state index in [1.807, 2.05) is 0 Å². The first kappa shape index (κ1) is 13.1. The van der Waals surface area contributed by atoms with Crippen LogP contribution in [0.25, 0.3) is 0 Å². The first-order valence-electron chi connectivity index (χ1n) is 5.41. The minimum Gasteiger partial charge on any atom is -0.309 e. The zero-order chi connectivity index (χ0) is 12.8. The molecule has 0 aliphatic heterocycles. The molecule has 0 N–H and O–H groups in total. The van der Waals surface area contributed by atoms with Crippen molar-refractivity contribution in [2.75, 3.05) is 0 Å². The monoisotopic (exact) mass is 238 g/mol. The molecule has 0 aliphatic carbocycles. The molecule has 0 aliphatic rings. The van der Waals surface area contributed by atoms with Gasteiger partial charge in [0, 0.05) is 31.5 Å². The van der Waals surface area contributed by atoms with Gasteiger partial charge >= 0.3 is 0 Å². The molecule has 0 bridgehead atoms. The van der Waals surface area contributed by atoms with Crippen LogP contribution < -0.4 is 5.56 Å². The summed E-state index contributed by atoms with van der Waals surface area (Å²) in [7, 11) is 0. The van der Waals surface area contributed by atoms with Crippen LogP contribution in [-0.4, -0.2) is 15.3 Å². The Labute approximate surface area is 98.0 Å². The maximum Gasteiger partial charge on any atom is 0.285 e. The molecule has 0 unspecified atom stereocenters. The molecule has 17 heavy (non-hydrogen) atoms. The molecule has 0 aromatic carbocycles. The van der Waals surface area contributed by atoms with E-state index in [2.05, 4.69) is 0 Å². The van der Waals surface area contributed by atoms with Gasteiger partial charge in [-0.1, -0.05) is 6.92 Å². The van der Waals surface area contributed by atoms with Gasteiger partial charge < -0.3 is 4.57 Å². The van der Waals surface area contributed by atoms with E-state index in [-0.39, 0.29) is 17.0 Å². The minimum atomic E-state index is -0.548. The highest BCUT2D eigenvalue weighted by molar-refractivity contribution is 5.77. The summed E-state index contributed by atoms with van der Waals surface area (Å²) in [4.78, 5) is 32.4. The van der Waals surface area contributed by atoms with E-state index in [0.29, 0.717) is 25.8 Å². The Morgan fingerprint density at radius 3 is 2.76 bits per heavy atom. The van der Waals surface area contributed by atoms with Crippen molar-refractivity contribution in [2.45, 2.75) is 32.7 Å². The lowest BCUT2D eigenvalue weighted by molar-refractivity contribution is -0.385. The second-order valence-electron chi connectivity index (χ2n) is 3.67. The third-order valence-corrected chi connectivity index (χ3v) is 2.43. The lowest BCUT2D eigenvalue weighted by atomic mass is 10.2. The quantitative estimate of drug-likeness (QED) is 0.555. The third kappa shape index (κ3) is 3.82. The van der Waals surface area contributed by atoms with Crippen LogP contribution in [0.15, 0.2) is 23.1 Å². The Morgan fingerprint density at radius 2 is 2.18 bits per heavy atom. The van der Waals surface area contributed by atoms with Gasteiger partial charge in [0.25, 0.3) is 11.2 Å². The fourth-order valence-corrected chi connectivity index (χ4v) is 1.42. The van der Waals surface area contributed by atoms with Crippen LogP contribution in [0.3, 0.4) is 0 Å². The molecule has 6 heteroatoms. The summed E-state index contributed by atoms with van der Waals surface area (Å²) in [5, 5.41) is 10.5. The number of pyridine rings is 1. The van der Waals surface area contributed by atoms with E-state index in [4.69, 9.17) is 0 Å². The van der Waals surface area contributed by atoms with Crippen molar-refractivity contribution in [1.29, 1.82) is 0 Å². The Kier molecular flexibility index (Phi) is 4.56. The molecule has 0 spiro atoms. The Morgan fingerprint density at radius 1 is 1.47 bits per heavy atom. The standard InChI is InChI=1S/C11H14N2O4/c1-2-10(14)4-3-7-12-8-9(13(16)17)5-6-11(12)15/h5-6,8H,2-4,7H2,1H3. The van der Waals surface area contributed by atoms with E-state index in [1.54, 1.807) is 6.92 Å². The number of rotatable bonds is 6. The van der Waals surface area contributed by atoms with Crippen LogP contribution in [0.1, 0.15) is 26.2 Å². The largest absolute Gasteiger partial charge is 0.309 e.